The molecule has 1 aliphatic rings. The summed E-state index contributed by atoms with van der Waals surface area (Å²) in [5, 5.41) is 1.33. The number of methoxy groups -OCH3 is 1. The van der Waals surface area contributed by atoms with E-state index in [4.69, 9.17) is 4.74 Å². The lowest BCUT2D eigenvalue weighted by atomic mass is 9.81. The lowest BCUT2D eigenvalue weighted by Gasteiger charge is -2.21. The van der Waals surface area contributed by atoms with Crippen molar-refractivity contribution < 1.29 is 4.74 Å². The number of aromatic nitrogens is 1. The van der Waals surface area contributed by atoms with E-state index in [1.165, 1.54) is 33.3 Å². The van der Waals surface area contributed by atoms with Crippen molar-refractivity contribution >= 4 is 10.9 Å². The van der Waals surface area contributed by atoms with E-state index in [2.05, 4.69) is 79.1 Å². The van der Waals surface area contributed by atoms with Gasteiger partial charge in [-0.2, -0.15) is 0 Å². The van der Waals surface area contributed by atoms with Crippen LogP contribution in [0.2, 0.25) is 0 Å². The number of hydrogen-bond donors (Lipinski definition) is 0. The summed E-state index contributed by atoms with van der Waals surface area (Å²) < 4.78 is 7.75. The van der Waals surface area contributed by atoms with Gasteiger partial charge in [0.25, 0.3) is 0 Å². The Bertz CT molecular complexity index is 1130. The highest BCUT2D eigenvalue weighted by Crippen LogP contribution is 2.53. The molecule has 26 heavy (non-hydrogen) atoms. The SMILES string of the molecule is COc1ccc(-n2c3c(c4ccccc42)C(C)(C)c2ccccc2-3)cc1. The summed E-state index contributed by atoms with van der Waals surface area (Å²) in [5.41, 5.74) is 7.88. The fourth-order valence-corrected chi connectivity index (χ4v) is 4.50. The van der Waals surface area contributed by atoms with Gasteiger partial charge in [0.2, 0.25) is 0 Å². The van der Waals surface area contributed by atoms with Crippen LogP contribution in [0.3, 0.4) is 0 Å². The summed E-state index contributed by atoms with van der Waals surface area (Å²) >= 11 is 0. The van der Waals surface area contributed by atoms with Gasteiger partial charge < -0.3 is 9.30 Å². The van der Waals surface area contributed by atoms with Crippen LogP contribution in [0, 0.1) is 0 Å². The molecule has 128 valence electrons. The van der Waals surface area contributed by atoms with Crippen LogP contribution in [0.1, 0.15) is 25.0 Å². The topological polar surface area (TPSA) is 14.2 Å². The third-order valence-electron chi connectivity index (χ3n) is 5.69. The minimum atomic E-state index is -0.0107. The molecule has 0 saturated carbocycles. The molecule has 3 aromatic carbocycles. The fourth-order valence-electron chi connectivity index (χ4n) is 4.50. The Morgan fingerprint density at radius 1 is 0.808 bits per heavy atom. The van der Waals surface area contributed by atoms with Gasteiger partial charge in [0.1, 0.15) is 5.75 Å². The summed E-state index contributed by atoms with van der Waals surface area (Å²) in [6.45, 7) is 4.67. The highest BCUT2D eigenvalue weighted by atomic mass is 16.5. The number of benzene rings is 3. The molecule has 0 amide bonds. The van der Waals surface area contributed by atoms with Crippen LogP contribution in [-0.2, 0) is 5.41 Å². The van der Waals surface area contributed by atoms with Gasteiger partial charge in [0, 0.05) is 22.1 Å². The normalized spacial score (nSPS) is 14.3. The molecule has 0 aliphatic heterocycles. The van der Waals surface area contributed by atoms with Gasteiger partial charge in [0.15, 0.2) is 0 Å². The molecule has 4 aromatic rings. The van der Waals surface area contributed by atoms with E-state index in [0.717, 1.165) is 11.4 Å². The molecule has 0 N–H and O–H groups in total. The third-order valence-corrected chi connectivity index (χ3v) is 5.69. The first-order chi connectivity index (χ1) is 12.6. The number of fused-ring (bicyclic) bond motifs is 5. The maximum Gasteiger partial charge on any atom is 0.119 e. The van der Waals surface area contributed by atoms with Crippen molar-refractivity contribution in [3.05, 3.63) is 83.9 Å². The van der Waals surface area contributed by atoms with Gasteiger partial charge in [-0.3, -0.25) is 0 Å². The molecule has 2 heteroatoms. The summed E-state index contributed by atoms with van der Waals surface area (Å²) in [6, 6.07) is 25.9. The summed E-state index contributed by atoms with van der Waals surface area (Å²) in [5.74, 6) is 0.877. The quantitative estimate of drug-likeness (QED) is 0.440. The Hall–Kier alpha value is -3.00. The van der Waals surface area contributed by atoms with Crippen molar-refractivity contribution in [1.82, 2.24) is 4.57 Å². The zero-order valence-electron chi connectivity index (χ0n) is 15.3. The number of para-hydroxylation sites is 1. The standard InChI is InChI=1S/C24H21NO/c1-24(2)20-10-6-4-8-18(20)23-22(24)19-9-5-7-11-21(19)25(23)16-12-14-17(26-3)15-13-16/h4-15H,1-3H3. The molecule has 0 bridgehead atoms. The molecule has 0 saturated heterocycles. The molecular weight excluding hydrogens is 318 g/mol. The van der Waals surface area contributed by atoms with E-state index in [9.17, 15) is 0 Å². The lowest BCUT2D eigenvalue weighted by molar-refractivity contribution is 0.415. The summed E-state index contributed by atoms with van der Waals surface area (Å²) in [7, 11) is 1.70. The Balaban J connectivity index is 1.92. The van der Waals surface area contributed by atoms with Crippen LogP contribution in [0.5, 0.6) is 5.75 Å². The van der Waals surface area contributed by atoms with Gasteiger partial charge in [-0.1, -0.05) is 56.3 Å². The average Bonchev–Trinajstić information content (AvgIpc) is 3.14. The predicted molar refractivity (Wildman–Crippen MR) is 107 cm³/mol. The van der Waals surface area contributed by atoms with Gasteiger partial charge in [-0.05, 0) is 41.5 Å². The van der Waals surface area contributed by atoms with Gasteiger partial charge in [0.05, 0.1) is 18.3 Å². The Morgan fingerprint density at radius 3 is 2.27 bits per heavy atom. The fraction of sp³-hybridized carbons (Fsp3) is 0.167. The second-order valence-corrected chi connectivity index (χ2v) is 7.44. The van der Waals surface area contributed by atoms with E-state index in [1.807, 2.05) is 12.1 Å². The minimum Gasteiger partial charge on any atom is -0.497 e. The number of ether oxygens (including phenoxy) is 1. The smallest absolute Gasteiger partial charge is 0.119 e. The maximum absolute atomic E-state index is 5.35. The summed E-state index contributed by atoms with van der Waals surface area (Å²) in [4.78, 5) is 0. The van der Waals surface area contributed by atoms with Crippen molar-refractivity contribution in [2.75, 3.05) is 7.11 Å². The molecule has 1 aliphatic carbocycles. The Labute approximate surface area is 153 Å². The van der Waals surface area contributed by atoms with Crippen LogP contribution in [0.25, 0.3) is 27.8 Å². The molecule has 2 nitrogen and oxygen atoms in total. The van der Waals surface area contributed by atoms with Crippen LogP contribution < -0.4 is 4.74 Å². The van der Waals surface area contributed by atoms with E-state index in [0.29, 0.717) is 0 Å². The molecule has 0 unspecified atom stereocenters. The number of rotatable bonds is 2. The van der Waals surface area contributed by atoms with E-state index in [-0.39, 0.29) is 5.41 Å². The highest BCUT2D eigenvalue weighted by molar-refractivity contribution is 5.99. The van der Waals surface area contributed by atoms with Crippen LogP contribution >= 0.6 is 0 Å². The van der Waals surface area contributed by atoms with Crippen molar-refractivity contribution in [2.45, 2.75) is 19.3 Å². The molecule has 0 atom stereocenters. The van der Waals surface area contributed by atoms with Crippen molar-refractivity contribution in [3.8, 4) is 22.7 Å². The highest BCUT2D eigenvalue weighted by Gasteiger charge is 2.40. The van der Waals surface area contributed by atoms with Crippen molar-refractivity contribution in [1.29, 1.82) is 0 Å². The first-order valence-electron chi connectivity index (χ1n) is 9.01. The number of nitrogens with zero attached hydrogens (tertiary/aromatic N) is 1. The Kier molecular flexibility index (Phi) is 3.08. The van der Waals surface area contributed by atoms with Crippen LogP contribution in [0.15, 0.2) is 72.8 Å². The first kappa shape index (κ1) is 15.3. The third kappa shape index (κ3) is 1.87. The molecule has 5 rings (SSSR count). The van der Waals surface area contributed by atoms with E-state index in [1.54, 1.807) is 7.11 Å². The molecular formula is C24H21NO. The average molecular weight is 339 g/mol. The Morgan fingerprint density at radius 2 is 1.50 bits per heavy atom. The van der Waals surface area contributed by atoms with Crippen LogP contribution in [-0.4, -0.2) is 11.7 Å². The largest absolute Gasteiger partial charge is 0.497 e. The zero-order valence-corrected chi connectivity index (χ0v) is 15.3. The molecule has 0 radical (unpaired) electrons. The monoisotopic (exact) mass is 339 g/mol. The van der Waals surface area contributed by atoms with Gasteiger partial charge in [-0.15, -0.1) is 0 Å². The molecule has 1 aromatic heterocycles. The number of hydrogen-bond acceptors (Lipinski definition) is 1. The van der Waals surface area contributed by atoms with Crippen molar-refractivity contribution in [3.63, 3.8) is 0 Å². The maximum atomic E-state index is 5.35. The van der Waals surface area contributed by atoms with E-state index >= 15 is 0 Å². The zero-order chi connectivity index (χ0) is 17.9. The predicted octanol–water partition coefficient (Wildman–Crippen LogP) is 5.95. The first-order valence-corrected chi connectivity index (χ1v) is 9.01. The van der Waals surface area contributed by atoms with Gasteiger partial charge >= 0.3 is 0 Å². The summed E-state index contributed by atoms with van der Waals surface area (Å²) in [6.07, 6.45) is 0. The minimum absolute atomic E-state index is 0.0107. The second kappa shape index (κ2) is 5.25. The molecule has 0 fully saturated rings. The second-order valence-electron chi connectivity index (χ2n) is 7.44. The van der Waals surface area contributed by atoms with Crippen LogP contribution in [0.4, 0.5) is 0 Å². The molecule has 0 spiro atoms. The molecule has 1 heterocycles. The van der Waals surface area contributed by atoms with E-state index < -0.39 is 0 Å². The van der Waals surface area contributed by atoms with Crippen molar-refractivity contribution in [2.24, 2.45) is 0 Å². The lowest BCUT2D eigenvalue weighted by Crippen LogP contribution is -2.14. The van der Waals surface area contributed by atoms with Gasteiger partial charge in [-0.25, -0.2) is 0 Å².